The normalized spacial score (nSPS) is 17.2. The smallest absolute Gasteiger partial charge is 0.272 e. The summed E-state index contributed by atoms with van der Waals surface area (Å²) >= 11 is 0. The molecular weight excluding hydrogens is 340 g/mol. The molecule has 1 amide bonds. The second-order valence-electron chi connectivity index (χ2n) is 6.90. The van der Waals surface area contributed by atoms with Gasteiger partial charge in [0.1, 0.15) is 11.5 Å². The molecule has 3 aromatic rings. The first kappa shape index (κ1) is 17.5. The van der Waals surface area contributed by atoms with E-state index in [9.17, 15) is 4.79 Å². The Labute approximate surface area is 158 Å². The Hall–Kier alpha value is -2.96. The molecule has 3 aromatic heterocycles. The van der Waals surface area contributed by atoms with E-state index in [0.29, 0.717) is 18.8 Å². The van der Waals surface area contributed by atoms with Crippen molar-refractivity contribution in [1.82, 2.24) is 29.2 Å². The van der Waals surface area contributed by atoms with Gasteiger partial charge in [0.2, 0.25) is 0 Å². The fourth-order valence-electron chi connectivity index (χ4n) is 3.80. The third-order valence-corrected chi connectivity index (χ3v) is 5.13. The van der Waals surface area contributed by atoms with Crippen LogP contribution in [-0.2, 0) is 13.1 Å². The molecule has 0 aliphatic carbocycles. The molecule has 0 unspecified atom stereocenters. The highest BCUT2D eigenvalue weighted by Gasteiger charge is 2.29. The van der Waals surface area contributed by atoms with Crippen molar-refractivity contribution >= 4 is 5.91 Å². The van der Waals surface area contributed by atoms with Gasteiger partial charge in [-0.05, 0) is 37.5 Å². The maximum Gasteiger partial charge on any atom is 0.272 e. The van der Waals surface area contributed by atoms with Gasteiger partial charge in [0, 0.05) is 56.5 Å². The predicted molar refractivity (Wildman–Crippen MR) is 101 cm³/mol. The molecule has 1 fully saturated rings. The largest absolute Gasteiger partial charge is 0.337 e. The molecule has 0 saturated carbocycles. The average molecular weight is 364 g/mol. The van der Waals surface area contributed by atoms with Crippen LogP contribution in [0.3, 0.4) is 0 Å². The summed E-state index contributed by atoms with van der Waals surface area (Å²) in [5, 5.41) is 4.23. The number of aryl methyl sites for hydroxylation is 1. The molecule has 1 saturated heterocycles. The van der Waals surface area contributed by atoms with Crippen molar-refractivity contribution < 1.29 is 4.79 Å². The molecule has 4 rings (SSSR count). The van der Waals surface area contributed by atoms with Gasteiger partial charge in [0.05, 0.1) is 6.54 Å². The number of amides is 1. The van der Waals surface area contributed by atoms with Gasteiger partial charge in [-0.1, -0.05) is 6.07 Å². The van der Waals surface area contributed by atoms with Gasteiger partial charge < -0.3 is 9.47 Å². The number of piperidine rings is 1. The summed E-state index contributed by atoms with van der Waals surface area (Å²) in [6, 6.07) is 5.82. The van der Waals surface area contributed by atoms with E-state index in [1.165, 1.54) is 0 Å². The summed E-state index contributed by atoms with van der Waals surface area (Å²) in [7, 11) is 0. The molecule has 0 bridgehead atoms. The Kier molecular flexibility index (Phi) is 5.00. The molecule has 7 nitrogen and oxygen atoms in total. The van der Waals surface area contributed by atoms with Crippen molar-refractivity contribution in [1.29, 1.82) is 0 Å². The average Bonchev–Trinajstić information content (AvgIpc) is 3.37. The standard InChI is InChI=1S/C20H24N6O/c1-2-26-18(7-9-23-26)20(27)25-11-4-6-17(15-25)19-22-10-12-24(19)14-16-5-3-8-21-13-16/h3,5,7-10,12-13,17H,2,4,6,11,14-15H2,1H3/t17-/m1/s1. The van der Waals surface area contributed by atoms with E-state index < -0.39 is 0 Å². The Bertz CT molecular complexity index is 900. The molecule has 27 heavy (non-hydrogen) atoms. The summed E-state index contributed by atoms with van der Waals surface area (Å²) in [6.07, 6.45) is 11.2. The van der Waals surface area contributed by atoms with Crippen LogP contribution in [0.2, 0.25) is 0 Å². The van der Waals surface area contributed by atoms with Crippen LogP contribution in [0, 0.1) is 0 Å². The highest BCUT2D eigenvalue weighted by atomic mass is 16.2. The van der Waals surface area contributed by atoms with Gasteiger partial charge in [-0.3, -0.25) is 14.5 Å². The van der Waals surface area contributed by atoms with E-state index in [4.69, 9.17) is 0 Å². The van der Waals surface area contributed by atoms with Crippen LogP contribution >= 0.6 is 0 Å². The first-order valence-corrected chi connectivity index (χ1v) is 9.47. The van der Waals surface area contributed by atoms with Crippen molar-refractivity contribution in [3.8, 4) is 0 Å². The van der Waals surface area contributed by atoms with Gasteiger partial charge >= 0.3 is 0 Å². The molecule has 1 aliphatic rings. The maximum atomic E-state index is 13.0. The summed E-state index contributed by atoms with van der Waals surface area (Å²) in [5.74, 6) is 1.34. The summed E-state index contributed by atoms with van der Waals surface area (Å²) in [6.45, 7) is 4.92. The fourth-order valence-corrected chi connectivity index (χ4v) is 3.80. The van der Waals surface area contributed by atoms with Gasteiger partial charge in [0.25, 0.3) is 5.91 Å². The van der Waals surface area contributed by atoms with E-state index in [2.05, 4.69) is 25.7 Å². The van der Waals surface area contributed by atoms with Gasteiger partial charge in [0.15, 0.2) is 0 Å². The van der Waals surface area contributed by atoms with Gasteiger partial charge in [-0.2, -0.15) is 5.10 Å². The third-order valence-electron chi connectivity index (χ3n) is 5.13. The Balaban J connectivity index is 1.51. The Morgan fingerprint density at radius 2 is 2.19 bits per heavy atom. The molecule has 0 spiro atoms. The van der Waals surface area contributed by atoms with Gasteiger partial charge in [-0.15, -0.1) is 0 Å². The minimum Gasteiger partial charge on any atom is -0.337 e. The number of nitrogens with zero attached hydrogens (tertiary/aromatic N) is 6. The third kappa shape index (κ3) is 3.63. The van der Waals surface area contributed by atoms with Crippen LogP contribution in [0.25, 0.3) is 0 Å². The quantitative estimate of drug-likeness (QED) is 0.698. The van der Waals surface area contributed by atoms with E-state index in [1.807, 2.05) is 36.5 Å². The van der Waals surface area contributed by atoms with Crippen molar-refractivity contribution in [2.24, 2.45) is 0 Å². The number of likely N-dealkylation sites (tertiary alicyclic amines) is 1. The van der Waals surface area contributed by atoms with Crippen LogP contribution in [-0.4, -0.2) is 48.2 Å². The van der Waals surface area contributed by atoms with E-state index >= 15 is 0 Å². The predicted octanol–water partition coefficient (Wildman–Crippen LogP) is 2.56. The molecule has 1 aliphatic heterocycles. The van der Waals surface area contributed by atoms with Crippen LogP contribution in [0.5, 0.6) is 0 Å². The zero-order valence-corrected chi connectivity index (χ0v) is 15.5. The zero-order valence-electron chi connectivity index (χ0n) is 15.5. The molecule has 1 atom stereocenters. The van der Waals surface area contributed by atoms with Crippen LogP contribution in [0.1, 0.15) is 47.6 Å². The molecular formula is C20H24N6O. The summed E-state index contributed by atoms with van der Waals surface area (Å²) in [4.78, 5) is 23.7. The van der Waals surface area contributed by atoms with Crippen LogP contribution in [0.4, 0.5) is 0 Å². The van der Waals surface area contributed by atoms with Crippen molar-refractivity contribution in [2.75, 3.05) is 13.1 Å². The molecule has 4 heterocycles. The van der Waals surface area contributed by atoms with Crippen molar-refractivity contribution in [2.45, 2.75) is 38.8 Å². The highest BCUT2D eigenvalue weighted by molar-refractivity contribution is 5.92. The fraction of sp³-hybridized carbons (Fsp3) is 0.400. The van der Waals surface area contributed by atoms with E-state index in [0.717, 1.165) is 37.3 Å². The SMILES string of the molecule is CCn1nccc1C(=O)N1CCC[C@@H](c2nccn2Cc2cccnc2)C1. The number of aromatic nitrogens is 5. The summed E-state index contributed by atoms with van der Waals surface area (Å²) < 4.78 is 3.93. The Morgan fingerprint density at radius 1 is 1.26 bits per heavy atom. The van der Waals surface area contributed by atoms with Crippen molar-refractivity contribution in [3.05, 3.63) is 66.3 Å². The van der Waals surface area contributed by atoms with E-state index in [-0.39, 0.29) is 11.8 Å². The molecule has 0 aromatic carbocycles. The van der Waals surface area contributed by atoms with Gasteiger partial charge in [-0.25, -0.2) is 4.98 Å². The highest BCUT2D eigenvalue weighted by Crippen LogP contribution is 2.27. The molecule has 140 valence electrons. The first-order chi connectivity index (χ1) is 13.3. The lowest BCUT2D eigenvalue weighted by molar-refractivity contribution is 0.0691. The van der Waals surface area contributed by atoms with Crippen LogP contribution in [0.15, 0.2) is 49.2 Å². The number of imidazole rings is 1. The second-order valence-corrected chi connectivity index (χ2v) is 6.90. The van der Waals surface area contributed by atoms with E-state index in [1.54, 1.807) is 23.1 Å². The topological polar surface area (TPSA) is 68.8 Å². The second kappa shape index (κ2) is 7.73. The Morgan fingerprint density at radius 3 is 3.00 bits per heavy atom. The number of hydrogen-bond donors (Lipinski definition) is 0. The minimum atomic E-state index is 0.0596. The maximum absolute atomic E-state index is 13.0. The number of pyridine rings is 1. The molecule has 0 radical (unpaired) electrons. The zero-order chi connectivity index (χ0) is 18.6. The number of rotatable bonds is 5. The monoisotopic (exact) mass is 364 g/mol. The number of hydrogen-bond acceptors (Lipinski definition) is 4. The first-order valence-electron chi connectivity index (χ1n) is 9.47. The van der Waals surface area contributed by atoms with Crippen molar-refractivity contribution in [3.63, 3.8) is 0 Å². The lowest BCUT2D eigenvalue weighted by Crippen LogP contribution is -2.40. The van der Waals surface area contributed by atoms with Crippen LogP contribution < -0.4 is 0 Å². The lowest BCUT2D eigenvalue weighted by Gasteiger charge is -2.32. The lowest BCUT2D eigenvalue weighted by atomic mass is 9.96. The minimum absolute atomic E-state index is 0.0596. The number of carbonyl (C=O) groups is 1. The molecule has 0 N–H and O–H groups in total. The summed E-state index contributed by atoms with van der Waals surface area (Å²) in [5.41, 5.74) is 1.81. The number of carbonyl (C=O) groups excluding carboxylic acids is 1. The molecule has 7 heteroatoms.